The van der Waals surface area contributed by atoms with Crippen LogP contribution in [0.4, 0.5) is 4.39 Å². The standard InChI is InChI=1S/C12H16ClFN2O2S/c13-11-7-9(1-2-12(11)14)8-19(17,18)16-5-3-10(15)4-6-16/h1-2,7,10H,3-6,8,15H2. The van der Waals surface area contributed by atoms with Crippen molar-refractivity contribution in [1.29, 1.82) is 0 Å². The first kappa shape index (κ1) is 14.7. The van der Waals surface area contributed by atoms with E-state index in [0.717, 1.165) is 0 Å². The highest BCUT2D eigenvalue weighted by molar-refractivity contribution is 7.88. The number of hydrogen-bond donors (Lipinski definition) is 1. The second-order valence-electron chi connectivity index (χ2n) is 4.74. The molecule has 0 radical (unpaired) electrons. The lowest BCUT2D eigenvalue weighted by Crippen LogP contribution is -2.43. The molecular formula is C12H16ClFN2O2S. The molecule has 1 aliphatic rings. The molecule has 0 saturated carbocycles. The minimum atomic E-state index is -3.39. The van der Waals surface area contributed by atoms with Crippen molar-refractivity contribution >= 4 is 21.6 Å². The Bertz CT molecular complexity index is 557. The smallest absolute Gasteiger partial charge is 0.218 e. The first-order valence-corrected chi connectivity index (χ1v) is 8.04. The predicted molar refractivity (Wildman–Crippen MR) is 72.8 cm³/mol. The summed E-state index contributed by atoms with van der Waals surface area (Å²) < 4.78 is 38.9. The van der Waals surface area contributed by atoms with Crippen molar-refractivity contribution in [3.63, 3.8) is 0 Å². The van der Waals surface area contributed by atoms with Crippen molar-refractivity contribution in [1.82, 2.24) is 4.31 Å². The molecule has 1 aromatic carbocycles. The van der Waals surface area contributed by atoms with Crippen LogP contribution in [0.3, 0.4) is 0 Å². The van der Waals surface area contributed by atoms with E-state index in [1.807, 2.05) is 0 Å². The number of benzene rings is 1. The predicted octanol–water partition coefficient (Wildman–Crippen LogP) is 1.73. The van der Waals surface area contributed by atoms with Gasteiger partial charge in [0.25, 0.3) is 0 Å². The van der Waals surface area contributed by atoms with Crippen molar-refractivity contribution in [3.05, 3.63) is 34.6 Å². The largest absolute Gasteiger partial charge is 0.328 e. The van der Waals surface area contributed by atoms with E-state index in [1.54, 1.807) is 0 Å². The summed E-state index contributed by atoms with van der Waals surface area (Å²) in [7, 11) is -3.39. The molecule has 19 heavy (non-hydrogen) atoms. The van der Waals surface area contributed by atoms with Gasteiger partial charge >= 0.3 is 0 Å². The van der Waals surface area contributed by atoms with Crippen molar-refractivity contribution in [2.24, 2.45) is 5.73 Å². The monoisotopic (exact) mass is 306 g/mol. The third-order valence-corrected chi connectivity index (χ3v) is 5.36. The lowest BCUT2D eigenvalue weighted by atomic mass is 10.1. The van der Waals surface area contributed by atoms with Gasteiger partial charge in [-0.15, -0.1) is 0 Å². The number of piperidine rings is 1. The zero-order chi connectivity index (χ0) is 14.0. The van der Waals surface area contributed by atoms with E-state index >= 15 is 0 Å². The van der Waals surface area contributed by atoms with E-state index in [1.165, 1.54) is 22.5 Å². The van der Waals surface area contributed by atoms with Crippen molar-refractivity contribution in [3.8, 4) is 0 Å². The highest BCUT2D eigenvalue weighted by Gasteiger charge is 2.26. The summed E-state index contributed by atoms with van der Waals surface area (Å²) in [5.41, 5.74) is 6.24. The van der Waals surface area contributed by atoms with Gasteiger partial charge in [-0.25, -0.2) is 17.1 Å². The maximum absolute atomic E-state index is 13.0. The topological polar surface area (TPSA) is 63.4 Å². The molecule has 2 N–H and O–H groups in total. The van der Waals surface area contributed by atoms with E-state index < -0.39 is 15.8 Å². The molecule has 1 saturated heterocycles. The van der Waals surface area contributed by atoms with Gasteiger partial charge < -0.3 is 5.73 Å². The molecule has 1 heterocycles. The van der Waals surface area contributed by atoms with Gasteiger partial charge in [0.05, 0.1) is 10.8 Å². The molecule has 0 bridgehead atoms. The summed E-state index contributed by atoms with van der Waals surface area (Å²) in [6, 6.07) is 4.05. The first-order chi connectivity index (χ1) is 8.88. The summed E-state index contributed by atoms with van der Waals surface area (Å²) in [5, 5.41) is -0.0617. The molecule has 0 aromatic heterocycles. The third-order valence-electron chi connectivity index (χ3n) is 3.23. The Hall–Kier alpha value is -0.690. The molecule has 0 spiro atoms. The van der Waals surface area contributed by atoms with Gasteiger partial charge in [0, 0.05) is 19.1 Å². The average molecular weight is 307 g/mol. The molecule has 1 aromatic rings. The fourth-order valence-corrected chi connectivity index (χ4v) is 3.84. The molecule has 0 aliphatic carbocycles. The van der Waals surface area contributed by atoms with Crippen LogP contribution in [0.25, 0.3) is 0 Å². The van der Waals surface area contributed by atoms with Crippen LogP contribution in [0.1, 0.15) is 18.4 Å². The molecule has 7 heteroatoms. The molecule has 106 valence electrons. The van der Waals surface area contributed by atoms with Gasteiger partial charge in [-0.1, -0.05) is 17.7 Å². The fourth-order valence-electron chi connectivity index (χ4n) is 2.09. The van der Waals surface area contributed by atoms with E-state index in [9.17, 15) is 12.8 Å². The molecule has 1 fully saturated rings. The maximum Gasteiger partial charge on any atom is 0.218 e. The minimum absolute atomic E-state index is 0.0617. The second-order valence-corrected chi connectivity index (χ2v) is 7.12. The first-order valence-electron chi connectivity index (χ1n) is 6.06. The number of halogens is 2. The van der Waals surface area contributed by atoms with E-state index in [4.69, 9.17) is 17.3 Å². The summed E-state index contributed by atoms with van der Waals surface area (Å²) in [5.74, 6) is -0.714. The Balaban J connectivity index is 2.10. The van der Waals surface area contributed by atoms with Gasteiger partial charge in [0.2, 0.25) is 10.0 Å². The quantitative estimate of drug-likeness (QED) is 0.925. The van der Waals surface area contributed by atoms with Crippen molar-refractivity contribution in [2.45, 2.75) is 24.6 Å². The number of hydrogen-bond acceptors (Lipinski definition) is 3. The van der Waals surface area contributed by atoms with Crippen molar-refractivity contribution < 1.29 is 12.8 Å². The summed E-state index contributed by atoms with van der Waals surface area (Å²) in [6.07, 6.45) is 1.34. The molecule has 0 amide bonds. The molecular weight excluding hydrogens is 291 g/mol. The number of sulfonamides is 1. The molecule has 2 rings (SSSR count). The number of nitrogens with two attached hydrogens (primary N) is 1. The van der Waals surface area contributed by atoms with Crippen LogP contribution in [-0.2, 0) is 15.8 Å². The SMILES string of the molecule is NC1CCN(S(=O)(=O)Cc2ccc(F)c(Cl)c2)CC1. The van der Waals surface area contributed by atoms with Gasteiger partial charge in [-0.2, -0.15) is 0 Å². The third kappa shape index (κ3) is 3.66. The number of nitrogens with zero attached hydrogens (tertiary/aromatic N) is 1. The Morgan fingerprint density at radius 3 is 2.58 bits per heavy atom. The lowest BCUT2D eigenvalue weighted by molar-refractivity contribution is 0.319. The van der Waals surface area contributed by atoms with Gasteiger partial charge in [-0.3, -0.25) is 0 Å². The lowest BCUT2D eigenvalue weighted by Gasteiger charge is -2.29. The normalized spacial score (nSPS) is 18.7. The minimum Gasteiger partial charge on any atom is -0.328 e. The van der Waals surface area contributed by atoms with Crippen LogP contribution < -0.4 is 5.73 Å². The van der Waals surface area contributed by atoms with E-state index in [0.29, 0.717) is 31.5 Å². The number of rotatable bonds is 3. The van der Waals surface area contributed by atoms with E-state index in [2.05, 4.69) is 0 Å². The Morgan fingerprint density at radius 2 is 2.00 bits per heavy atom. The van der Waals surface area contributed by atoms with Crippen molar-refractivity contribution in [2.75, 3.05) is 13.1 Å². The van der Waals surface area contributed by atoms with Crippen LogP contribution in [0, 0.1) is 5.82 Å². The van der Waals surface area contributed by atoms with Crippen LogP contribution in [0.5, 0.6) is 0 Å². The zero-order valence-electron chi connectivity index (χ0n) is 10.4. The highest BCUT2D eigenvalue weighted by Crippen LogP contribution is 2.20. The Labute approximate surface area is 117 Å². The summed E-state index contributed by atoms with van der Waals surface area (Å²) in [4.78, 5) is 0. The van der Waals surface area contributed by atoms with Gasteiger partial charge in [0.15, 0.2) is 0 Å². The highest BCUT2D eigenvalue weighted by atomic mass is 35.5. The summed E-state index contributed by atoms with van der Waals surface area (Å²) in [6.45, 7) is 0.886. The Kier molecular flexibility index (Phi) is 4.45. The summed E-state index contributed by atoms with van der Waals surface area (Å²) >= 11 is 5.65. The second kappa shape index (κ2) is 5.75. The van der Waals surface area contributed by atoms with Gasteiger partial charge in [0.1, 0.15) is 5.82 Å². The Morgan fingerprint density at radius 1 is 1.37 bits per heavy atom. The maximum atomic E-state index is 13.0. The molecule has 1 aliphatic heterocycles. The van der Waals surface area contributed by atoms with Crippen LogP contribution in [0.2, 0.25) is 5.02 Å². The average Bonchev–Trinajstić information content (AvgIpc) is 2.34. The molecule has 0 unspecified atom stereocenters. The fraction of sp³-hybridized carbons (Fsp3) is 0.500. The van der Waals surface area contributed by atoms with Crippen LogP contribution in [-0.4, -0.2) is 31.9 Å². The van der Waals surface area contributed by atoms with E-state index in [-0.39, 0.29) is 16.8 Å². The molecule has 4 nitrogen and oxygen atoms in total. The van der Waals surface area contributed by atoms with Crippen LogP contribution in [0.15, 0.2) is 18.2 Å². The van der Waals surface area contributed by atoms with Gasteiger partial charge in [-0.05, 0) is 30.5 Å². The zero-order valence-corrected chi connectivity index (χ0v) is 11.9. The molecule has 0 atom stereocenters. The van der Waals surface area contributed by atoms with Crippen LogP contribution >= 0.6 is 11.6 Å².